The number of halogens is 1. The van der Waals surface area contributed by atoms with Crippen LogP contribution in [0.25, 0.3) is 0 Å². The molecule has 4 nitrogen and oxygen atoms in total. The van der Waals surface area contributed by atoms with Gasteiger partial charge in [0.15, 0.2) is 0 Å². The summed E-state index contributed by atoms with van der Waals surface area (Å²) in [5, 5.41) is 8.75. The molecule has 0 saturated carbocycles. The molecule has 0 spiro atoms. The number of hydrogen-bond donors (Lipinski definition) is 1. The van der Waals surface area contributed by atoms with Crippen molar-refractivity contribution in [2.45, 2.75) is 10.6 Å². The first-order valence-corrected chi connectivity index (χ1v) is 7.12. The van der Waals surface area contributed by atoms with Crippen LogP contribution in [-0.4, -0.2) is 15.3 Å². The lowest BCUT2D eigenvalue weighted by atomic mass is 10.3. The standard InChI is InChI=1S/C12H9BrO4S/c13-10-3-1-2-4-11(10)18(16)7-9-5-8(6-17-9)12(14)15/h1-6H,7H2,(H,14,15). The van der Waals surface area contributed by atoms with Crippen molar-refractivity contribution in [2.75, 3.05) is 0 Å². The van der Waals surface area contributed by atoms with Gasteiger partial charge in [0.2, 0.25) is 0 Å². The van der Waals surface area contributed by atoms with Crippen molar-refractivity contribution in [2.24, 2.45) is 0 Å². The fourth-order valence-electron chi connectivity index (χ4n) is 1.40. The summed E-state index contributed by atoms with van der Waals surface area (Å²) in [5.41, 5.74) is 0.0640. The van der Waals surface area contributed by atoms with Crippen LogP contribution in [0.15, 0.2) is 50.4 Å². The van der Waals surface area contributed by atoms with Crippen LogP contribution in [0.5, 0.6) is 0 Å². The Balaban J connectivity index is 2.16. The summed E-state index contributed by atoms with van der Waals surface area (Å²) in [4.78, 5) is 11.3. The molecule has 18 heavy (non-hydrogen) atoms. The Labute approximate surface area is 114 Å². The van der Waals surface area contributed by atoms with Crippen LogP contribution >= 0.6 is 15.9 Å². The molecule has 1 unspecified atom stereocenters. The van der Waals surface area contributed by atoms with Gasteiger partial charge in [0, 0.05) is 4.47 Å². The molecule has 0 fully saturated rings. The van der Waals surface area contributed by atoms with Crippen molar-refractivity contribution in [1.82, 2.24) is 0 Å². The molecule has 0 amide bonds. The molecule has 0 bridgehead atoms. The maximum Gasteiger partial charge on any atom is 0.338 e. The number of carboxylic acids is 1. The van der Waals surface area contributed by atoms with E-state index in [0.29, 0.717) is 10.7 Å². The van der Waals surface area contributed by atoms with E-state index in [4.69, 9.17) is 9.52 Å². The van der Waals surface area contributed by atoms with Gasteiger partial charge in [0.1, 0.15) is 12.0 Å². The van der Waals surface area contributed by atoms with Crippen molar-refractivity contribution in [3.8, 4) is 0 Å². The molecule has 2 aromatic rings. The monoisotopic (exact) mass is 328 g/mol. The highest BCUT2D eigenvalue weighted by Gasteiger charge is 2.13. The predicted molar refractivity (Wildman–Crippen MR) is 69.9 cm³/mol. The van der Waals surface area contributed by atoms with Crippen LogP contribution < -0.4 is 0 Å². The minimum Gasteiger partial charge on any atom is -0.478 e. The van der Waals surface area contributed by atoms with E-state index >= 15 is 0 Å². The van der Waals surface area contributed by atoms with Crippen molar-refractivity contribution in [1.29, 1.82) is 0 Å². The molecule has 0 aliphatic rings. The van der Waals surface area contributed by atoms with Gasteiger partial charge in [-0.2, -0.15) is 0 Å². The zero-order chi connectivity index (χ0) is 13.1. The number of carboxylic acid groups (broad SMARTS) is 1. The van der Waals surface area contributed by atoms with Crippen LogP contribution in [0, 0.1) is 0 Å². The van der Waals surface area contributed by atoms with E-state index in [2.05, 4.69) is 15.9 Å². The van der Waals surface area contributed by atoms with Gasteiger partial charge in [-0.3, -0.25) is 4.21 Å². The first-order chi connectivity index (χ1) is 8.58. The molecule has 0 radical (unpaired) electrons. The first kappa shape index (κ1) is 13.0. The Kier molecular flexibility index (Phi) is 3.98. The fraction of sp³-hybridized carbons (Fsp3) is 0.0833. The number of rotatable bonds is 4. The van der Waals surface area contributed by atoms with Gasteiger partial charge in [-0.05, 0) is 34.1 Å². The average molecular weight is 329 g/mol. The average Bonchev–Trinajstić information content (AvgIpc) is 2.78. The highest BCUT2D eigenvalue weighted by molar-refractivity contribution is 9.10. The van der Waals surface area contributed by atoms with Crippen LogP contribution in [0.4, 0.5) is 0 Å². The molecule has 1 N–H and O–H groups in total. The van der Waals surface area contributed by atoms with E-state index in [-0.39, 0.29) is 11.3 Å². The Morgan fingerprint density at radius 3 is 2.72 bits per heavy atom. The van der Waals surface area contributed by atoms with Gasteiger partial charge in [-0.25, -0.2) is 4.79 Å². The third-order valence-electron chi connectivity index (χ3n) is 2.26. The Morgan fingerprint density at radius 2 is 2.11 bits per heavy atom. The molecule has 6 heteroatoms. The second-order valence-corrected chi connectivity index (χ2v) is 5.80. The summed E-state index contributed by atoms with van der Waals surface area (Å²) in [6.45, 7) is 0. The zero-order valence-electron chi connectivity index (χ0n) is 9.13. The fourth-order valence-corrected chi connectivity index (χ4v) is 3.31. The molecule has 94 valence electrons. The highest BCUT2D eigenvalue weighted by Crippen LogP contribution is 2.22. The van der Waals surface area contributed by atoms with Gasteiger partial charge in [-0.1, -0.05) is 12.1 Å². The normalized spacial score (nSPS) is 12.3. The quantitative estimate of drug-likeness (QED) is 0.936. The Hall–Kier alpha value is -1.40. The molecule has 2 rings (SSSR count). The van der Waals surface area contributed by atoms with E-state index in [0.717, 1.165) is 10.7 Å². The molecular weight excluding hydrogens is 320 g/mol. The molecule has 1 atom stereocenters. The summed E-state index contributed by atoms with van der Waals surface area (Å²) in [6.07, 6.45) is 1.15. The molecule has 0 aliphatic heterocycles. The van der Waals surface area contributed by atoms with Crippen LogP contribution in [-0.2, 0) is 16.6 Å². The van der Waals surface area contributed by atoms with E-state index in [1.165, 1.54) is 6.07 Å². The number of furan rings is 1. The molecule has 0 saturated heterocycles. The minimum atomic E-state index is -1.28. The second kappa shape index (κ2) is 5.49. The number of benzene rings is 1. The molecular formula is C12H9BrO4S. The summed E-state index contributed by atoms with van der Waals surface area (Å²) in [7, 11) is -1.28. The van der Waals surface area contributed by atoms with Gasteiger partial charge >= 0.3 is 5.97 Å². The third kappa shape index (κ3) is 2.88. The number of aromatic carboxylic acids is 1. The zero-order valence-corrected chi connectivity index (χ0v) is 11.5. The van der Waals surface area contributed by atoms with Crippen LogP contribution in [0.1, 0.15) is 16.1 Å². The summed E-state index contributed by atoms with van der Waals surface area (Å²) >= 11 is 3.32. The van der Waals surface area contributed by atoms with Crippen molar-refractivity contribution in [3.63, 3.8) is 0 Å². The maximum absolute atomic E-state index is 12.1. The third-order valence-corrected chi connectivity index (χ3v) is 4.60. The topological polar surface area (TPSA) is 67.5 Å². The van der Waals surface area contributed by atoms with E-state index in [1.807, 2.05) is 6.07 Å². The molecule has 1 heterocycles. The minimum absolute atomic E-state index is 0.0640. The van der Waals surface area contributed by atoms with E-state index in [9.17, 15) is 9.00 Å². The lowest BCUT2D eigenvalue weighted by Crippen LogP contribution is -1.97. The number of hydrogen-bond acceptors (Lipinski definition) is 3. The smallest absolute Gasteiger partial charge is 0.338 e. The van der Waals surface area contributed by atoms with E-state index < -0.39 is 16.8 Å². The maximum atomic E-state index is 12.1. The predicted octanol–water partition coefficient (Wildman–Crippen LogP) is 3.05. The van der Waals surface area contributed by atoms with Gasteiger partial charge in [0.05, 0.1) is 27.0 Å². The highest BCUT2D eigenvalue weighted by atomic mass is 79.9. The Morgan fingerprint density at radius 1 is 1.39 bits per heavy atom. The van der Waals surface area contributed by atoms with Crippen molar-refractivity contribution < 1.29 is 18.5 Å². The molecule has 1 aromatic carbocycles. The second-order valence-electron chi connectivity index (χ2n) is 3.53. The SMILES string of the molecule is O=C(O)c1coc(CS(=O)c2ccccc2Br)c1. The van der Waals surface area contributed by atoms with Crippen molar-refractivity contribution in [3.05, 3.63) is 52.4 Å². The van der Waals surface area contributed by atoms with Crippen LogP contribution in [0.3, 0.4) is 0 Å². The summed E-state index contributed by atoms with van der Waals surface area (Å²) in [5.74, 6) is -0.520. The first-order valence-electron chi connectivity index (χ1n) is 5.01. The van der Waals surface area contributed by atoms with Gasteiger partial charge in [0.25, 0.3) is 0 Å². The van der Waals surface area contributed by atoms with E-state index in [1.54, 1.807) is 18.2 Å². The lowest BCUT2D eigenvalue weighted by Gasteiger charge is -2.02. The lowest BCUT2D eigenvalue weighted by molar-refractivity contribution is 0.0696. The van der Waals surface area contributed by atoms with Crippen molar-refractivity contribution >= 4 is 32.7 Å². The molecule has 0 aliphatic carbocycles. The summed E-state index contributed by atoms with van der Waals surface area (Å²) < 4.78 is 17.9. The molecule has 1 aromatic heterocycles. The van der Waals surface area contributed by atoms with Gasteiger partial charge in [-0.15, -0.1) is 0 Å². The number of carbonyl (C=O) groups is 1. The van der Waals surface area contributed by atoms with Gasteiger partial charge < -0.3 is 9.52 Å². The Bertz CT molecular complexity index is 606. The van der Waals surface area contributed by atoms with Crippen LogP contribution in [0.2, 0.25) is 0 Å². The summed E-state index contributed by atoms with van der Waals surface area (Å²) in [6, 6.07) is 8.57. The largest absolute Gasteiger partial charge is 0.478 e.